The van der Waals surface area contributed by atoms with Crippen molar-refractivity contribution in [3.05, 3.63) is 54.1 Å². The van der Waals surface area contributed by atoms with Gasteiger partial charge in [0.15, 0.2) is 0 Å². The Morgan fingerprint density at radius 1 is 1.17 bits per heavy atom. The van der Waals surface area contributed by atoms with Crippen LogP contribution in [0.25, 0.3) is 11.5 Å². The minimum atomic E-state index is -0.345. The van der Waals surface area contributed by atoms with Crippen LogP contribution in [-0.4, -0.2) is 29.5 Å². The molecule has 0 aliphatic rings. The number of methoxy groups -OCH3 is 1. The summed E-state index contributed by atoms with van der Waals surface area (Å²) in [6.45, 7) is 0. The molecular formula is C17H15N3O3S. The topological polar surface area (TPSA) is 77.2 Å². The molecule has 0 aliphatic carbocycles. The molecule has 1 aromatic heterocycles. The van der Waals surface area contributed by atoms with E-state index in [1.54, 1.807) is 43.1 Å². The molecule has 2 aromatic carbocycles. The quantitative estimate of drug-likeness (QED) is 0.713. The van der Waals surface area contributed by atoms with Crippen LogP contribution < -0.4 is 10.1 Å². The minimum absolute atomic E-state index is 0.0485. The maximum absolute atomic E-state index is 12.2. The predicted octanol–water partition coefficient (Wildman–Crippen LogP) is 3.72. The molecule has 7 heteroatoms. The lowest BCUT2D eigenvalue weighted by molar-refractivity contribution is 0.102. The number of benzene rings is 2. The third kappa shape index (κ3) is 3.57. The Balaban J connectivity index is 1.77. The third-order valence-corrected chi connectivity index (χ3v) is 4.02. The van der Waals surface area contributed by atoms with E-state index in [1.807, 2.05) is 30.5 Å². The Hall–Kier alpha value is -2.80. The van der Waals surface area contributed by atoms with E-state index < -0.39 is 0 Å². The van der Waals surface area contributed by atoms with Crippen molar-refractivity contribution in [3.63, 3.8) is 0 Å². The number of hydrogen-bond acceptors (Lipinski definition) is 6. The Morgan fingerprint density at radius 3 is 2.79 bits per heavy atom. The molecule has 0 saturated heterocycles. The van der Waals surface area contributed by atoms with Crippen molar-refractivity contribution in [2.24, 2.45) is 0 Å². The van der Waals surface area contributed by atoms with Gasteiger partial charge in [-0.05, 0) is 42.7 Å². The lowest BCUT2D eigenvalue weighted by Crippen LogP contribution is -2.12. The summed E-state index contributed by atoms with van der Waals surface area (Å²) >= 11 is 1.62. The number of ether oxygens (including phenoxy) is 1. The molecule has 3 rings (SSSR count). The number of rotatable bonds is 5. The van der Waals surface area contributed by atoms with Gasteiger partial charge in [-0.25, -0.2) is 0 Å². The molecule has 0 spiro atoms. The minimum Gasteiger partial charge on any atom is -0.497 e. The van der Waals surface area contributed by atoms with Crippen molar-refractivity contribution in [3.8, 4) is 17.2 Å². The van der Waals surface area contributed by atoms with Crippen LogP contribution in [0.1, 0.15) is 10.4 Å². The Kier molecular flexibility index (Phi) is 4.81. The Bertz CT molecular complexity index is 864. The molecule has 1 N–H and O–H groups in total. The SMILES string of the molecule is COc1cccc(C(=O)Nc2nnc(-c3cccc(SC)c3)o2)c1. The zero-order chi connectivity index (χ0) is 16.9. The molecule has 122 valence electrons. The van der Waals surface area contributed by atoms with Crippen LogP contribution in [0.3, 0.4) is 0 Å². The summed E-state index contributed by atoms with van der Waals surface area (Å²) in [6.07, 6.45) is 1.99. The number of nitrogens with zero attached hydrogens (tertiary/aromatic N) is 2. The summed E-state index contributed by atoms with van der Waals surface area (Å²) in [5.74, 6) is 0.608. The maximum Gasteiger partial charge on any atom is 0.322 e. The largest absolute Gasteiger partial charge is 0.497 e. The summed E-state index contributed by atoms with van der Waals surface area (Å²) < 4.78 is 10.6. The second-order valence-electron chi connectivity index (χ2n) is 4.83. The molecule has 0 atom stereocenters. The highest BCUT2D eigenvalue weighted by Gasteiger charge is 2.13. The van der Waals surface area contributed by atoms with Gasteiger partial charge >= 0.3 is 6.01 Å². The average Bonchev–Trinajstić information content (AvgIpc) is 3.10. The van der Waals surface area contributed by atoms with E-state index in [4.69, 9.17) is 9.15 Å². The van der Waals surface area contributed by atoms with Gasteiger partial charge in [0.25, 0.3) is 5.91 Å². The van der Waals surface area contributed by atoms with Crippen LogP contribution in [0.15, 0.2) is 57.8 Å². The summed E-state index contributed by atoms with van der Waals surface area (Å²) in [5.41, 5.74) is 1.25. The Morgan fingerprint density at radius 2 is 2.00 bits per heavy atom. The van der Waals surface area contributed by atoms with E-state index in [9.17, 15) is 4.79 Å². The predicted molar refractivity (Wildman–Crippen MR) is 92.5 cm³/mol. The maximum atomic E-state index is 12.2. The molecule has 0 radical (unpaired) electrons. The van der Waals surface area contributed by atoms with Gasteiger partial charge in [0.2, 0.25) is 5.89 Å². The van der Waals surface area contributed by atoms with Crippen molar-refractivity contribution in [2.75, 3.05) is 18.7 Å². The third-order valence-electron chi connectivity index (χ3n) is 3.29. The fraction of sp³-hybridized carbons (Fsp3) is 0.118. The Labute approximate surface area is 143 Å². The van der Waals surface area contributed by atoms with Gasteiger partial charge in [0.05, 0.1) is 7.11 Å². The van der Waals surface area contributed by atoms with Crippen LogP contribution >= 0.6 is 11.8 Å². The van der Waals surface area contributed by atoms with Crippen molar-refractivity contribution in [1.82, 2.24) is 10.2 Å². The lowest BCUT2D eigenvalue weighted by atomic mass is 10.2. The molecule has 0 unspecified atom stereocenters. The number of carbonyl (C=O) groups excluding carboxylic acids is 1. The molecule has 3 aromatic rings. The monoisotopic (exact) mass is 341 g/mol. The number of amides is 1. The summed E-state index contributed by atoms with van der Waals surface area (Å²) in [4.78, 5) is 13.3. The molecule has 24 heavy (non-hydrogen) atoms. The van der Waals surface area contributed by atoms with Gasteiger partial charge in [0.1, 0.15) is 5.75 Å². The number of hydrogen-bond donors (Lipinski definition) is 1. The van der Waals surface area contributed by atoms with Gasteiger partial charge in [-0.2, -0.15) is 0 Å². The van der Waals surface area contributed by atoms with Gasteiger partial charge in [0, 0.05) is 16.0 Å². The number of anilines is 1. The zero-order valence-electron chi connectivity index (χ0n) is 13.1. The second-order valence-corrected chi connectivity index (χ2v) is 5.71. The molecular weight excluding hydrogens is 326 g/mol. The molecule has 6 nitrogen and oxygen atoms in total. The summed E-state index contributed by atoms with van der Waals surface area (Å²) in [7, 11) is 1.55. The molecule has 1 heterocycles. The van der Waals surface area contributed by atoms with Gasteiger partial charge < -0.3 is 9.15 Å². The first-order chi connectivity index (χ1) is 11.7. The fourth-order valence-electron chi connectivity index (χ4n) is 2.08. The van der Waals surface area contributed by atoms with Crippen molar-refractivity contribution >= 4 is 23.7 Å². The van der Waals surface area contributed by atoms with Gasteiger partial charge in [-0.3, -0.25) is 10.1 Å². The van der Waals surface area contributed by atoms with Crippen LogP contribution in [0.4, 0.5) is 6.01 Å². The first kappa shape index (κ1) is 16.1. The average molecular weight is 341 g/mol. The van der Waals surface area contributed by atoms with Gasteiger partial charge in [-0.1, -0.05) is 17.2 Å². The molecule has 0 aliphatic heterocycles. The zero-order valence-corrected chi connectivity index (χ0v) is 14.0. The van der Waals surface area contributed by atoms with E-state index in [2.05, 4.69) is 15.5 Å². The number of thioether (sulfide) groups is 1. The first-order valence-electron chi connectivity index (χ1n) is 7.13. The van der Waals surface area contributed by atoms with Gasteiger partial charge in [-0.15, -0.1) is 16.9 Å². The van der Waals surface area contributed by atoms with Crippen molar-refractivity contribution in [2.45, 2.75) is 4.90 Å². The smallest absolute Gasteiger partial charge is 0.322 e. The fourth-order valence-corrected chi connectivity index (χ4v) is 2.54. The van der Waals surface area contributed by atoms with E-state index in [0.717, 1.165) is 10.5 Å². The summed E-state index contributed by atoms with van der Waals surface area (Å²) in [6, 6.07) is 14.6. The van der Waals surface area contributed by atoms with Crippen molar-refractivity contribution in [1.29, 1.82) is 0 Å². The van der Waals surface area contributed by atoms with Crippen LogP contribution in [0.2, 0.25) is 0 Å². The molecule has 0 saturated carbocycles. The molecule has 1 amide bonds. The van der Waals surface area contributed by atoms with E-state index >= 15 is 0 Å². The first-order valence-corrected chi connectivity index (χ1v) is 8.35. The van der Waals surface area contributed by atoms with Crippen LogP contribution in [0, 0.1) is 0 Å². The van der Waals surface area contributed by atoms with E-state index in [0.29, 0.717) is 17.2 Å². The summed E-state index contributed by atoms with van der Waals surface area (Å²) in [5, 5.41) is 10.4. The standard InChI is InChI=1S/C17H15N3O3S/c1-22-13-7-3-5-11(9-13)15(21)18-17-20-19-16(23-17)12-6-4-8-14(10-12)24-2/h3-10H,1-2H3,(H,18,20,21). The van der Waals surface area contributed by atoms with Crippen LogP contribution in [0.5, 0.6) is 5.75 Å². The van der Waals surface area contributed by atoms with Crippen LogP contribution in [-0.2, 0) is 0 Å². The number of nitrogens with one attached hydrogen (secondary N) is 1. The van der Waals surface area contributed by atoms with E-state index in [1.165, 1.54) is 0 Å². The molecule has 0 bridgehead atoms. The number of aromatic nitrogens is 2. The normalized spacial score (nSPS) is 10.4. The lowest BCUT2D eigenvalue weighted by Gasteiger charge is -2.03. The highest BCUT2D eigenvalue weighted by molar-refractivity contribution is 7.98. The molecule has 0 fully saturated rings. The number of carbonyl (C=O) groups is 1. The highest BCUT2D eigenvalue weighted by atomic mass is 32.2. The van der Waals surface area contributed by atoms with E-state index in [-0.39, 0.29) is 11.9 Å². The second kappa shape index (κ2) is 7.18. The van der Waals surface area contributed by atoms with Crippen molar-refractivity contribution < 1.29 is 13.9 Å². The highest BCUT2D eigenvalue weighted by Crippen LogP contribution is 2.24.